The van der Waals surface area contributed by atoms with E-state index in [1.807, 2.05) is 73.6 Å². The van der Waals surface area contributed by atoms with Gasteiger partial charge in [-0.25, -0.2) is 4.68 Å². The number of anilines is 1. The van der Waals surface area contributed by atoms with Crippen LogP contribution in [0.2, 0.25) is 0 Å². The van der Waals surface area contributed by atoms with Crippen LogP contribution in [0.4, 0.5) is 5.82 Å². The van der Waals surface area contributed by atoms with Crippen molar-refractivity contribution in [3.05, 3.63) is 69.9 Å². The monoisotopic (exact) mass is 393 g/mol. The minimum atomic E-state index is -0.0932. The van der Waals surface area contributed by atoms with Gasteiger partial charge in [0, 0.05) is 22.6 Å². The molecule has 0 fully saturated rings. The molecule has 4 rings (SSSR count). The summed E-state index contributed by atoms with van der Waals surface area (Å²) in [5.74, 6) is 3.17. The van der Waals surface area contributed by atoms with Crippen LogP contribution in [-0.2, 0) is 11.5 Å². The Morgan fingerprint density at radius 3 is 2.43 bits per heavy atom. The van der Waals surface area contributed by atoms with Crippen molar-refractivity contribution in [2.75, 3.05) is 12.4 Å². The van der Waals surface area contributed by atoms with Crippen molar-refractivity contribution in [1.82, 2.24) is 9.78 Å². The third kappa shape index (κ3) is 3.29. The van der Waals surface area contributed by atoms with Crippen molar-refractivity contribution >= 4 is 23.5 Å². The lowest BCUT2D eigenvalue weighted by atomic mass is 9.99. The topological polar surface area (TPSA) is 56.1 Å². The maximum atomic E-state index is 13.2. The summed E-state index contributed by atoms with van der Waals surface area (Å²) in [4.78, 5) is 13.2. The maximum Gasteiger partial charge on any atom is 0.257 e. The Morgan fingerprint density at radius 1 is 1.11 bits per heavy atom. The van der Waals surface area contributed by atoms with Gasteiger partial charge in [0.25, 0.3) is 5.91 Å². The molecule has 0 unspecified atom stereocenters. The van der Waals surface area contributed by atoms with Gasteiger partial charge in [-0.1, -0.05) is 17.7 Å². The molecular weight excluding hydrogens is 370 g/mol. The van der Waals surface area contributed by atoms with E-state index in [1.54, 1.807) is 7.11 Å². The van der Waals surface area contributed by atoms with Crippen LogP contribution in [0, 0.1) is 20.8 Å². The first kappa shape index (κ1) is 18.6. The molecular formula is C22H23N3O2S. The fourth-order valence-corrected chi connectivity index (χ4v) is 4.79. The number of methoxy groups -OCH3 is 1. The van der Waals surface area contributed by atoms with E-state index in [0.717, 1.165) is 62.3 Å². The fourth-order valence-electron chi connectivity index (χ4n) is 3.76. The molecule has 1 aliphatic heterocycles. The zero-order valence-corrected chi connectivity index (χ0v) is 17.3. The minimum Gasteiger partial charge on any atom is -0.497 e. The van der Waals surface area contributed by atoms with E-state index in [0.29, 0.717) is 0 Å². The number of fused-ring (bicyclic) bond motifs is 1. The largest absolute Gasteiger partial charge is 0.497 e. The van der Waals surface area contributed by atoms with Gasteiger partial charge in [0.1, 0.15) is 11.6 Å². The van der Waals surface area contributed by atoms with E-state index >= 15 is 0 Å². The van der Waals surface area contributed by atoms with Crippen LogP contribution in [-0.4, -0.2) is 22.8 Å². The molecule has 0 atom stereocenters. The Kier molecular flexibility index (Phi) is 4.89. The third-order valence-electron chi connectivity index (χ3n) is 5.00. The van der Waals surface area contributed by atoms with Gasteiger partial charge in [-0.3, -0.25) is 4.79 Å². The molecule has 0 saturated heterocycles. The summed E-state index contributed by atoms with van der Waals surface area (Å²) in [7, 11) is 1.65. The summed E-state index contributed by atoms with van der Waals surface area (Å²) >= 11 is 1.82. The Hall–Kier alpha value is -2.73. The first-order valence-corrected chi connectivity index (χ1v) is 10.4. The summed E-state index contributed by atoms with van der Waals surface area (Å²) in [6.07, 6.45) is 0. The van der Waals surface area contributed by atoms with E-state index in [1.165, 1.54) is 0 Å². The highest BCUT2D eigenvalue weighted by Crippen LogP contribution is 2.36. The Bertz CT molecular complexity index is 1030. The second-order valence-electron chi connectivity index (χ2n) is 7.10. The molecule has 6 heteroatoms. The fraction of sp³-hybridized carbons (Fsp3) is 0.273. The molecule has 0 bridgehead atoms. The molecule has 1 amide bonds. The summed E-state index contributed by atoms with van der Waals surface area (Å²) in [5.41, 5.74) is 6.89. The number of benzene rings is 2. The lowest BCUT2D eigenvalue weighted by molar-refractivity contribution is 0.102. The number of hydrogen-bond acceptors (Lipinski definition) is 4. The zero-order chi connectivity index (χ0) is 19.8. The number of nitrogens with one attached hydrogen (secondary N) is 1. The highest BCUT2D eigenvalue weighted by molar-refractivity contribution is 7.98. The van der Waals surface area contributed by atoms with Gasteiger partial charge in [0.05, 0.1) is 18.5 Å². The quantitative estimate of drug-likeness (QED) is 0.691. The highest BCUT2D eigenvalue weighted by Gasteiger charge is 2.25. The molecule has 1 aromatic heterocycles. The number of aryl methyl sites for hydroxylation is 3. The van der Waals surface area contributed by atoms with Crippen molar-refractivity contribution in [2.24, 2.45) is 0 Å². The zero-order valence-electron chi connectivity index (χ0n) is 16.5. The number of aromatic nitrogens is 2. The first-order chi connectivity index (χ1) is 13.5. The molecule has 1 N–H and O–H groups in total. The van der Waals surface area contributed by atoms with Crippen LogP contribution < -0.4 is 10.1 Å². The number of carbonyl (C=O) groups excluding carboxylic acids is 1. The smallest absolute Gasteiger partial charge is 0.257 e. The molecule has 5 nitrogen and oxygen atoms in total. The SMILES string of the molecule is COc1ccc(-n2nc3c(c2NC(=O)c2c(C)cc(C)cc2C)CSC3)cc1. The molecule has 28 heavy (non-hydrogen) atoms. The Morgan fingerprint density at radius 2 is 1.79 bits per heavy atom. The van der Waals surface area contributed by atoms with E-state index in [4.69, 9.17) is 9.84 Å². The normalized spacial score (nSPS) is 12.7. The molecule has 2 aromatic carbocycles. The van der Waals surface area contributed by atoms with Crippen LogP contribution in [0.25, 0.3) is 5.69 Å². The van der Waals surface area contributed by atoms with Gasteiger partial charge >= 0.3 is 0 Å². The Balaban J connectivity index is 1.74. The summed E-state index contributed by atoms with van der Waals surface area (Å²) < 4.78 is 7.09. The van der Waals surface area contributed by atoms with Crippen LogP contribution in [0.1, 0.15) is 38.3 Å². The molecule has 0 spiro atoms. The number of amides is 1. The molecule has 0 aliphatic carbocycles. The van der Waals surface area contributed by atoms with Crippen molar-refractivity contribution in [2.45, 2.75) is 32.3 Å². The number of hydrogen-bond donors (Lipinski definition) is 1. The second kappa shape index (κ2) is 7.36. The number of rotatable bonds is 4. The van der Waals surface area contributed by atoms with Crippen molar-refractivity contribution in [3.8, 4) is 11.4 Å². The predicted octanol–water partition coefficient (Wildman–Crippen LogP) is 4.81. The van der Waals surface area contributed by atoms with E-state index < -0.39 is 0 Å². The first-order valence-electron chi connectivity index (χ1n) is 9.20. The summed E-state index contributed by atoms with van der Waals surface area (Å²) in [6.45, 7) is 6.01. The van der Waals surface area contributed by atoms with Gasteiger partial charge in [0.2, 0.25) is 0 Å². The van der Waals surface area contributed by atoms with Gasteiger partial charge in [-0.2, -0.15) is 16.9 Å². The number of thioether (sulfide) groups is 1. The lowest BCUT2D eigenvalue weighted by Crippen LogP contribution is -2.18. The van der Waals surface area contributed by atoms with Crippen LogP contribution in [0.5, 0.6) is 5.75 Å². The lowest BCUT2D eigenvalue weighted by Gasteiger charge is -2.14. The molecule has 3 aromatic rings. The molecule has 1 aliphatic rings. The Labute approximate surface area is 169 Å². The predicted molar refractivity (Wildman–Crippen MR) is 114 cm³/mol. The number of carbonyl (C=O) groups is 1. The van der Waals surface area contributed by atoms with E-state index in [-0.39, 0.29) is 5.91 Å². The van der Waals surface area contributed by atoms with Crippen LogP contribution in [0.15, 0.2) is 36.4 Å². The van der Waals surface area contributed by atoms with Gasteiger partial charge in [-0.05, 0) is 56.2 Å². The second-order valence-corrected chi connectivity index (χ2v) is 8.09. The molecule has 0 saturated carbocycles. The van der Waals surface area contributed by atoms with E-state index in [9.17, 15) is 4.79 Å². The van der Waals surface area contributed by atoms with Crippen molar-refractivity contribution in [3.63, 3.8) is 0 Å². The standard InChI is InChI=1S/C22H23N3O2S/c1-13-9-14(2)20(15(3)10-13)22(26)23-21-18-11-28-12-19(18)24-25(21)16-5-7-17(27-4)8-6-16/h5-10H,11-12H2,1-4H3,(H,23,26). The average Bonchev–Trinajstić information content (AvgIpc) is 3.23. The maximum absolute atomic E-state index is 13.2. The van der Waals surface area contributed by atoms with Crippen molar-refractivity contribution < 1.29 is 9.53 Å². The average molecular weight is 394 g/mol. The van der Waals surface area contributed by atoms with Gasteiger partial charge in [-0.15, -0.1) is 0 Å². The number of nitrogens with zero attached hydrogens (tertiary/aromatic N) is 2. The minimum absolute atomic E-state index is 0.0932. The molecule has 2 heterocycles. The van der Waals surface area contributed by atoms with Crippen molar-refractivity contribution in [1.29, 1.82) is 0 Å². The van der Waals surface area contributed by atoms with Crippen LogP contribution >= 0.6 is 11.8 Å². The summed E-state index contributed by atoms with van der Waals surface area (Å²) in [5, 5.41) is 7.91. The van der Waals surface area contributed by atoms with Crippen LogP contribution in [0.3, 0.4) is 0 Å². The highest BCUT2D eigenvalue weighted by atomic mass is 32.2. The van der Waals surface area contributed by atoms with Gasteiger partial charge in [0.15, 0.2) is 0 Å². The van der Waals surface area contributed by atoms with Gasteiger partial charge < -0.3 is 10.1 Å². The number of ether oxygens (including phenoxy) is 1. The molecule has 144 valence electrons. The third-order valence-corrected chi connectivity index (χ3v) is 5.98. The molecule has 0 radical (unpaired) electrons. The summed E-state index contributed by atoms with van der Waals surface area (Å²) in [6, 6.07) is 11.8. The van der Waals surface area contributed by atoms with E-state index in [2.05, 4.69) is 5.32 Å².